The van der Waals surface area contributed by atoms with Crippen molar-refractivity contribution in [3.63, 3.8) is 0 Å². The van der Waals surface area contributed by atoms with Crippen LogP contribution in [-0.2, 0) is 20.9 Å². The summed E-state index contributed by atoms with van der Waals surface area (Å²) in [6, 6.07) is 0.0635. The van der Waals surface area contributed by atoms with Crippen LogP contribution in [0.5, 0.6) is 0 Å². The molecule has 0 saturated carbocycles. The first-order valence-corrected chi connectivity index (χ1v) is 9.45. The quantitative estimate of drug-likeness (QED) is 0.274. The molecule has 1 aliphatic rings. The molecule has 1 aliphatic heterocycles. The summed E-state index contributed by atoms with van der Waals surface area (Å²) in [5, 5.41) is 2.08. The summed E-state index contributed by atoms with van der Waals surface area (Å²) in [5.41, 5.74) is -0.0528. The molecule has 0 aromatic rings. The number of carbonyl (C=O) groups is 1. The summed E-state index contributed by atoms with van der Waals surface area (Å²) in [6.07, 6.45) is -1.56. The molecule has 0 unspecified atom stereocenters. The van der Waals surface area contributed by atoms with Crippen LogP contribution in [0.1, 0.15) is 27.7 Å². The van der Waals surface area contributed by atoms with Gasteiger partial charge < -0.3 is 14.4 Å². The number of nitrogens with zero attached hydrogens (tertiary/aromatic N) is 1. The highest BCUT2D eigenvalue weighted by molar-refractivity contribution is 8.15. The maximum Gasteiger partial charge on any atom is 0.398 e. The van der Waals surface area contributed by atoms with Crippen molar-refractivity contribution in [2.75, 3.05) is 19.1 Å². The van der Waals surface area contributed by atoms with Gasteiger partial charge in [0.2, 0.25) is 0 Å². The Kier molecular flexibility index (Phi) is 6.23. The van der Waals surface area contributed by atoms with Crippen molar-refractivity contribution in [2.45, 2.75) is 33.7 Å². The summed E-state index contributed by atoms with van der Waals surface area (Å²) < 4.78 is 25.5. The molecule has 112 valence electrons. The summed E-state index contributed by atoms with van der Waals surface area (Å²) in [7, 11) is 0. The van der Waals surface area contributed by atoms with Crippen LogP contribution in [-0.4, -0.2) is 35.4 Å². The van der Waals surface area contributed by atoms with E-state index in [1.165, 1.54) is 11.9 Å². The fraction of sp³-hybridized carbons (Fsp3) is 0.900. The Bertz CT molecular complexity index is 368. The van der Waals surface area contributed by atoms with Crippen LogP contribution in [0.3, 0.4) is 0 Å². The number of hydrogen-bond donors (Lipinski definition) is 1. The third-order valence-corrected chi connectivity index (χ3v) is 7.60. The van der Waals surface area contributed by atoms with Crippen molar-refractivity contribution in [1.29, 1.82) is 0 Å². The van der Waals surface area contributed by atoms with E-state index in [0.29, 0.717) is 13.2 Å². The largest absolute Gasteiger partial charge is 0.398 e. The number of carbonyl (C=O) groups excluding carboxylic acids is 1. The molecule has 1 amide bonds. The molecule has 9 heteroatoms. The van der Waals surface area contributed by atoms with E-state index in [2.05, 4.69) is 5.32 Å². The van der Waals surface area contributed by atoms with Gasteiger partial charge in [0, 0.05) is 11.5 Å². The average Bonchev–Trinajstić information content (AvgIpc) is 2.28. The lowest BCUT2D eigenvalue weighted by atomic mass is 9.97. The van der Waals surface area contributed by atoms with Crippen LogP contribution in [0.2, 0.25) is 0 Å². The molecule has 5 nitrogen and oxygen atoms in total. The van der Waals surface area contributed by atoms with E-state index in [1.807, 2.05) is 31.8 Å². The fourth-order valence-corrected chi connectivity index (χ4v) is 6.19. The van der Waals surface area contributed by atoms with Crippen molar-refractivity contribution in [3.8, 4) is 0 Å². The van der Waals surface area contributed by atoms with Crippen LogP contribution < -0.4 is 5.32 Å². The van der Waals surface area contributed by atoms with Crippen LogP contribution in [0, 0.1) is 5.41 Å². The molecule has 1 rings (SSSR count). The monoisotopic (exact) mass is 330 g/mol. The molecular formula is C10H20FN2O3PS2. The topological polar surface area (TPSA) is 50.8 Å². The smallest absolute Gasteiger partial charge is 0.318 e. The van der Waals surface area contributed by atoms with Crippen molar-refractivity contribution in [3.05, 3.63) is 0 Å². The highest BCUT2D eigenvalue weighted by Gasteiger charge is 2.39. The van der Waals surface area contributed by atoms with Gasteiger partial charge in [-0.15, -0.1) is 4.39 Å². The van der Waals surface area contributed by atoms with E-state index in [4.69, 9.17) is 20.9 Å². The Morgan fingerprint density at radius 2 is 2.05 bits per heavy atom. The maximum atomic E-state index is 12.1. The SMILES string of the molecule is CC(C)N(SCNC(=O)F)P1(=S)OCC(C)(C)CO1. The maximum absolute atomic E-state index is 12.1. The Labute approximate surface area is 122 Å². The lowest BCUT2D eigenvalue weighted by Gasteiger charge is -2.42. The Morgan fingerprint density at radius 1 is 1.53 bits per heavy atom. The van der Waals surface area contributed by atoms with E-state index in [1.54, 1.807) is 0 Å². The lowest BCUT2D eigenvalue weighted by molar-refractivity contribution is 0.0489. The summed E-state index contributed by atoms with van der Waals surface area (Å²) in [4.78, 5) is 10.2. The van der Waals surface area contributed by atoms with Gasteiger partial charge in [0.05, 0.1) is 19.1 Å². The molecule has 0 aromatic carbocycles. The summed E-state index contributed by atoms with van der Waals surface area (Å²) >= 11 is 6.72. The zero-order chi connectivity index (χ0) is 14.7. The van der Waals surface area contributed by atoms with Crippen LogP contribution in [0.15, 0.2) is 0 Å². The standard InChI is InChI=1S/C10H20FN2O3PS2/c1-8(2)13(19-7-12-9(11)14)17(18)15-5-10(3,4)6-16-17/h8H,5-7H2,1-4H3,(H,12,14). The molecule has 0 atom stereocenters. The zero-order valence-electron chi connectivity index (χ0n) is 11.5. The summed E-state index contributed by atoms with van der Waals surface area (Å²) in [6.45, 7) is 6.48. The lowest BCUT2D eigenvalue weighted by Crippen LogP contribution is -2.35. The number of amides is 1. The second-order valence-electron chi connectivity index (χ2n) is 5.30. The Hall–Kier alpha value is 0.280. The Balaban J connectivity index is 2.65. The van der Waals surface area contributed by atoms with Gasteiger partial charge in [-0.2, -0.15) is 4.08 Å². The van der Waals surface area contributed by atoms with Gasteiger partial charge in [-0.05, 0) is 37.6 Å². The van der Waals surface area contributed by atoms with E-state index < -0.39 is 12.8 Å². The second kappa shape index (κ2) is 6.83. The van der Waals surface area contributed by atoms with Gasteiger partial charge in [-0.25, -0.2) is 4.79 Å². The van der Waals surface area contributed by atoms with Crippen molar-refractivity contribution >= 4 is 36.6 Å². The summed E-state index contributed by atoms with van der Waals surface area (Å²) in [5.74, 6) is 0.0992. The first kappa shape index (κ1) is 17.3. The first-order valence-electron chi connectivity index (χ1n) is 5.91. The first-order chi connectivity index (χ1) is 8.66. The molecule has 19 heavy (non-hydrogen) atoms. The minimum Gasteiger partial charge on any atom is -0.318 e. The van der Waals surface area contributed by atoms with Gasteiger partial charge in [-0.1, -0.05) is 13.8 Å². The number of hydrogen-bond acceptors (Lipinski definition) is 5. The van der Waals surface area contributed by atoms with Gasteiger partial charge in [-0.3, -0.25) is 0 Å². The molecule has 1 fully saturated rings. The number of halogens is 1. The van der Waals surface area contributed by atoms with Crippen LogP contribution >= 0.6 is 18.6 Å². The highest BCUT2D eigenvalue weighted by Crippen LogP contribution is 2.60. The molecule has 1 N–H and O–H groups in total. The van der Waals surface area contributed by atoms with E-state index >= 15 is 0 Å². The van der Waals surface area contributed by atoms with E-state index in [0.717, 1.165) is 0 Å². The molecular weight excluding hydrogens is 310 g/mol. The van der Waals surface area contributed by atoms with Crippen LogP contribution in [0.25, 0.3) is 0 Å². The number of nitrogens with one attached hydrogen (secondary N) is 1. The van der Waals surface area contributed by atoms with Gasteiger partial charge >= 0.3 is 6.16 Å². The van der Waals surface area contributed by atoms with Crippen LogP contribution in [0.4, 0.5) is 9.18 Å². The van der Waals surface area contributed by atoms with E-state index in [-0.39, 0.29) is 17.3 Å². The van der Waals surface area contributed by atoms with Crippen molar-refractivity contribution in [2.24, 2.45) is 5.41 Å². The molecule has 0 spiro atoms. The third-order valence-electron chi connectivity index (χ3n) is 2.33. The predicted molar refractivity (Wildman–Crippen MR) is 79.0 cm³/mol. The minimum absolute atomic E-state index is 0.0528. The predicted octanol–water partition coefficient (Wildman–Crippen LogP) is 3.28. The van der Waals surface area contributed by atoms with E-state index in [9.17, 15) is 9.18 Å². The second-order valence-corrected chi connectivity index (χ2v) is 9.78. The normalized spacial score (nSPS) is 21.6. The number of rotatable bonds is 5. The third kappa shape index (κ3) is 5.28. The Morgan fingerprint density at radius 3 is 2.47 bits per heavy atom. The molecule has 1 saturated heterocycles. The highest BCUT2D eigenvalue weighted by atomic mass is 32.5. The minimum atomic E-state index is -2.56. The fourth-order valence-electron chi connectivity index (χ4n) is 1.36. The van der Waals surface area contributed by atoms with Gasteiger partial charge in [0.25, 0.3) is 6.64 Å². The van der Waals surface area contributed by atoms with Crippen molar-refractivity contribution < 1.29 is 18.2 Å². The molecule has 0 bridgehead atoms. The van der Waals surface area contributed by atoms with Crippen molar-refractivity contribution in [1.82, 2.24) is 9.39 Å². The van der Waals surface area contributed by atoms with Gasteiger partial charge in [0.15, 0.2) is 0 Å². The molecule has 0 aliphatic carbocycles. The zero-order valence-corrected chi connectivity index (χ0v) is 14.0. The molecule has 0 radical (unpaired) electrons. The molecule has 1 heterocycles. The average molecular weight is 330 g/mol. The molecule has 0 aromatic heterocycles. The van der Waals surface area contributed by atoms with Gasteiger partial charge in [0.1, 0.15) is 0 Å².